The Morgan fingerprint density at radius 1 is 0.882 bits per heavy atom. The standard InChI is InChI=1S/C15H30N2/c16-11-5-1-2-6-12-17-13-7-9-14-8-3-4-10-15(14)17/h14-15H,1-13,16H2/t14-,15-/m1/s1. The van der Waals surface area contributed by atoms with Gasteiger partial charge in [-0.3, -0.25) is 0 Å². The molecule has 1 heterocycles. The highest BCUT2D eigenvalue weighted by Gasteiger charge is 2.32. The Balaban J connectivity index is 1.67. The highest BCUT2D eigenvalue weighted by atomic mass is 15.2. The topological polar surface area (TPSA) is 29.3 Å². The van der Waals surface area contributed by atoms with Crippen LogP contribution in [0.2, 0.25) is 0 Å². The van der Waals surface area contributed by atoms with Gasteiger partial charge in [-0.2, -0.15) is 0 Å². The Morgan fingerprint density at radius 3 is 2.53 bits per heavy atom. The van der Waals surface area contributed by atoms with E-state index in [4.69, 9.17) is 5.73 Å². The van der Waals surface area contributed by atoms with E-state index in [2.05, 4.69) is 4.90 Å². The molecular formula is C15H30N2. The highest BCUT2D eigenvalue weighted by Crippen LogP contribution is 2.35. The molecule has 0 unspecified atom stereocenters. The molecule has 2 N–H and O–H groups in total. The Morgan fingerprint density at radius 2 is 1.65 bits per heavy atom. The van der Waals surface area contributed by atoms with Crippen molar-refractivity contribution in [3.63, 3.8) is 0 Å². The molecule has 0 aromatic heterocycles. The molecule has 2 rings (SSSR count). The Hall–Kier alpha value is -0.0800. The number of fused-ring (bicyclic) bond motifs is 1. The fourth-order valence-corrected chi connectivity index (χ4v) is 3.82. The van der Waals surface area contributed by atoms with E-state index in [0.717, 1.165) is 18.5 Å². The largest absolute Gasteiger partial charge is 0.330 e. The fraction of sp³-hybridized carbons (Fsp3) is 1.00. The Bertz CT molecular complexity index is 203. The van der Waals surface area contributed by atoms with Gasteiger partial charge in [0.2, 0.25) is 0 Å². The second-order valence-electron chi connectivity index (χ2n) is 5.99. The maximum absolute atomic E-state index is 5.53. The number of hydrogen-bond acceptors (Lipinski definition) is 2. The van der Waals surface area contributed by atoms with Crippen molar-refractivity contribution in [3.8, 4) is 0 Å². The van der Waals surface area contributed by atoms with Crippen LogP contribution < -0.4 is 5.73 Å². The lowest BCUT2D eigenvalue weighted by Gasteiger charge is -2.44. The predicted molar refractivity (Wildman–Crippen MR) is 74.1 cm³/mol. The van der Waals surface area contributed by atoms with Crippen LogP contribution in [-0.2, 0) is 0 Å². The van der Waals surface area contributed by atoms with Gasteiger partial charge in [-0.1, -0.05) is 25.7 Å². The molecule has 2 aliphatic rings. The van der Waals surface area contributed by atoms with Crippen LogP contribution in [-0.4, -0.2) is 30.6 Å². The molecule has 0 amide bonds. The summed E-state index contributed by atoms with van der Waals surface area (Å²) in [6, 6.07) is 0.951. The molecule has 17 heavy (non-hydrogen) atoms. The monoisotopic (exact) mass is 238 g/mol. The van der Waals surface area contributed by atoms with Crippen molar-refractivity contribution in [1.29, 1.82) is 0 Å². The molecule has 0 radical (unpaired) electrons. The molecule has 1 saturated heterocycles. The first-order valence-electron chi connectivity index (χ1n) is 7.86. The SMILES string of the molecule is NCCCCCCN1CCC[C@H]2CCCC[C@H]21. The summed E-state index contributed by atoms with van der Waals surface area (Å²) >= 11 is 0. The van der Waals surface area contributed by atoms with E-state index in [1.807, 2.05) is 0 Å². The number of rotatable bonds is 6. The van der Waals surface area contributed by atoms with Gasteiger partial charge in [0.15, 0.2) is 0 Å². The molecule has 0 aromatic carbocycles. The van der Waals surface area contributed by atoms with Crippen molar-refractivity contribution in [2.24, 2.45) is 11.7 Å². The van der Waals surface area contributed by atoms with Crippen molar-refractivity contribution in [1.82, 2.24) is 4.90 Å². The molecule has 0 aromatic rings. The third-order valence-corrected chi connectivity index (χ3v) is 4.76. The van der Waals surface area contributed by atoms with Gasteiger partial charge in [-0.05, 0) is 64.1 Å². The van der Waals surface area contributed by atoms with E-state index in [0.29, 0.717) is 0 Å². The number of nitrogens with two attached hydrogens (primary N) is 1. The average molecular weight is 238 g/mol. The number of unbranched alkanes of at least 4 members (excludes halogenated alkanes) is 3. The summed E-state index contributed by atoms with van der Waals surface area (Å²) in [7, 11) is 0. The zero-order valence-electron chi connectivity index (χ0n) is 11.4. The lowest BCUT2D eigenvalue weighted by Crippen LogP contribution is -2.47. The van der Waals surface area contributed by atoms with E-state index < -0.39 is 0 Å². The van der Waals surface area contributed by atoms with Crippen LogP contribution in [0.25, 0.3) is 0 Å². The first-order chi connectivity index (χ1) is 8.42. The fourth-order valence-electron chi connectivity index (χ4n) is 3.82. The molecule has 2 heteroatoms. The van der Waals surface area contributed by atoms with Gasteiger partial charge in [0.05, 0.1) is 0 Å². The summed E-state index contributed by atoms with van der Waals surface area (Å²) in [6.45, 7) is 3.60. The number of piperidine rings is 1. The Kier molecular flexibility index (Phi) is 5.79. The molecule has 2 atom stereocenters. The minimum Gasteiger partial charge on any atom is -0.330 e. The van der Waals surface area contributed by atoms with Crippen LogP contribution in [0.3, 0.4) is 0 Å². The van der Waals surface area contributed by atoms with Gasteiger partial charge in [-0.15, -0.1) is 0 Å². The second kappa shape index (κ2) is 7.38. The van der Waals surface area contributed by atoms with Gasteiger partial charge in [0.25, 0.3) is 0 Å². The Labute approximate surface area is 107 Å². The van der Waals surface area contributed by atoms with E-state index in [-0.39, 0.29) is 0 Å². The van der Waals surface area contributed by atoms with Crippen LogP contribution in [0.15, 0.2) is 0 Å². The first-order valence-corrected chi connectivity index (χ1v) is 7.86. The maximum Gasteiger partial charge on any atom is 0.0123 e. The third kappa shape index (κ3) is 3.96. The van der Waals surface area contributed by atoms with Crippen LogP contribution in [0, 0.1) is 5.92 Å². The van der Waals surface area contributed by atoms with Crippen LogP contribution in [0.1, 0.15) is 64.2 Å². The van der Waals surface area contributed by atoms with Crippen molar-refractivity contribution >= 4 is 0 Å². The number of hydrogen-bond donors (Lipinski definition) is 1. The van der Waals surface area contributed by atoms with Gasteiger partial charge in [0.1, 0.15) is 0 Å². The van der Waals surface area contributed by atoms with Gasteiger partial charge in [0, 0.05) is 6.04 Å². The second-order valence-corrected chi connectivity index (χ2v) is 5.99. The zero-order chi connectivity index (χ0) is 11.9. The van der Waals surface area contributed by atoms with Gasteiger partial charge in [-0.25, -0.2) is 0 Å². The summed E-state index contributed by atoms with van der Waals surface area (Å²) in [4.78, 5) is 2.82. The van der Waals surface area contributed by atoms with Gasteiger partial charge < -0.3 is 10.6 Å². The van der Waals surface area contributed by atoms with E-state index in [1.165, 1.54) is 77.3 Å². The molecule has 0 spiro atoms. The average Bonchev–Trinajstić information content (AvgIpc) is 2.39. The quantitative estimate of drug-likeness (QED) is 0.720. The molecule has 100 valence electrons. The minimum atomic E-state index is 0.869. The van der Waals surface area contributed by atoms with Crippen LogP contribution in [0.4, 0.5) is 0 Å². The van der Waals surface area contributed by atoms with E-state index in [9.17, 15) is 0 Å². The summed E-state index contributed by atoms with van der Waals surface area (Å²) in [5, 5.41) is 0. The van der Waals surface area contributed by atoms with Crippen molar-refractivity contribution in [2.45, 2.75) is 70.3 Å². The predicted octanol–water partition coefficient (Wildman–Crippen LogP) is 3.16. The summed E-state index contributed by atoms with van der Waals surface area (Å²) in [5.41, 5.74) is 5.53. The lowest BCUT2D eigenvalue weighted by molar-refractivity contribution is 0.0595. The maximum atomic E-state index is 5.53. The smallest absolute Gasteiger partial charge is 0.0123 e. The summed E-state index contributed by atoms with van der Waals surface area (Å²) in [5.74, 6) is 1.04. The summed E-state index contributed by atoms with van der Waals surface area (Å²) in [6.07, 6.45) is 14.2. The first kappa shape index (κ1) is 13.4. The molecule has 1 saturated carbocycles. The van der Waals surface area contributed by atoms with Crippen molar-refractivity contribution in [3.05, 3.63) is 0 Å². The molecule has 1 aliphatic heterocycles. The van der Waals surface area contributed by atoms with Crippen molar-refractivity contribution in [2.75, 3.05) is 19.6 Å². The molecule has 1 aliphatic carbocycles. The van der Waals surface area contributed by atoms with E-state index in [1.54, 1.807) is 0 Å². The molecule has 2 nitrogen and oxygen atoms in total. The molecule has 2 fully saturated rings. The lowest BCUT2D eigenvalue weighted by atomic mass is 9.78. The minimum absolute atomic E-state index is 0.869. The zero-order valence-corrected chi connectivity index (χ0v) is 11.4. The summed E-state index contributed by atoms with van der Waals surface area (Å²) < 4.78 is 0. The highest BCUT2D eigenvalue weighted by molar-refractivity contribution is 4.87. The van der Waals surface area contributed by atoms with Gasteiger partial charge >= 0.3 is 0 Å². The molecule has 0 bridgehead atoms. The third-order valence-electron chi connectivity index (χ3n) is 4.76. The number of nitrogens with zero attached hydrogens (tertiary/aromatic N) is 1. The van der Waals surface area contributed by atoms with Crippen LogP contribution in [0.5, 0.6) is 0 Å². The normalized spacial score (nSPS) is 30.2. The van der Waals surface area contributed by atoms with E-state index >= 15 is 0 Å². The van der Waals surface area contributed by atoms with Crippen LogP contribution >= 0.6 is 0 Å². The number of likely N-dealkylation sites (tertiary alicyclic amines) is 1. The van der Waals surface area contributed by atoms with Crippen molar-refractivity contribution < 1.29 is 0 Å². The molecular weight excluding hydrogens is 208 g/mol.